The summed E-state index contributed by atoms with van der Waals surface area (Å²) in [5.41, 5.74) is 0. The molecule has 0 spiro atoms. The Kier molecular flexibility index (Phi) is 3.34. The quantitative estimate of drug-likeness (QED) is 0.791. The molecular weight excluding hydrogens is 216 g/mol. The van der Waals surface area contributed by atoms with E-state index in [4.69, 9.17) is 4.74 Å². The van der Waals surface area contributed by atoms with Crippen LogP contribution in [0.2, 0.25) is 0 Å². The minimum Gasteiger partial charge on any atom is -0.376 e. The number of carbonyl (C=O) groups excluding carboxylic acids is 1. The normalized spacial score (nSPS) is 34.4. The molecule has 17 heavy (non-hydrogen) atoms. The topological polar surface area (TPSA) is 41.6 Å². The van der Waals surface area contributed by atoms with E-state index in [0.717, 1.165) is 45.4 Å². The van der Waals surface area contributed by atoms with Gasteiger partial charge < -0.3 is 15.0 Å². The fourth-order valence-electron chi connectivity index (χ4n) is 2.84. The molecule has 3 rings (SSSR count). The number of nitrogens with one attached hydrogen (secondary N) is 1. The number of hydrogen-bond acceptors (Lipinski definition) is 3. The smallest absolute Gasteiger partial charge is 0.239 e. The Morgan fingerprint density at radius 3 is 2.82 bits per heavy atom. The van der Waals surface area contributed by atoms with Crippen molar-refractivity contribution in [3.8, 4) is 0 Å². The van der Waals surface area contributed by atoms with Crippen LogP contribution in [0, 0.1) is 0 Å². The molecule has 1 N–H and O–H groups in total. The maximum absolute atomic E-state index is 12.3. The Hall–Kier alpha value is -0.610. The van der Waals surface area contributed by atoms with E-state index in [1.807, 2.05) is 4.90 Å². The summed E-state index contributed by atoms with van der Waals surface area (Å²) in [5, 5.41) is 3.47. The van der Waals surface area contributed by atoms with Crippen molar-refractivity contribution >= 4 is 5.91 Å². The molecule has 2 aliphatic heterocycles. The summed E-state index contributed by atoms with van der Waals surface area (Å²) >= 11 is 0. The summed E-state index contributed by atoms with van der Waals surface area (Å²) in [6.45, 7) is 2.60. The Morgan fingerprint density at radius 2 is 2.12 bits per heavy atom. The molecule has 3 fully saturated rings. The molecule has 4 nitrogen and oxygen atoms in total. The zero-order valence-corrected chi connectivity index (χ0v) is 10.4. The number of piperidine rings is 1. The molecule has 0 aromatic heterocycles. The monoisotopic (exact) mass is 238 g/mol. The van der Waals surface area contributed by atoms with Crippen LogP contribution in [-0.2, 0) is 9.53 Å². The first-order valence-corrected chi connectivity index (χ1v) is 6.99. The highest BCUT2D eigenvalue weighted by molar-refractivity contribution is 5.82. The molecular formula is C13H22N2O2. The Labute approximate surface area is 103 Å². The Morgan fingerprint density at radius 1 is 1.24 bits per heavy atom. The van der Waals surface area contributed by atoms with Crippen molar-refractivity contribution in [3.63, 3.8) is 0 Å². The predicted octanol–water partition coefficient (Wildman–Crippen LogP) is 0.908. The number of rotatable bonds is 4. The van der Waals surface area contributed by atoms with Gasteiger partial charge in [0.2, 0.25) is 5.91 Å². The van der Waals surface area contributed by atoms with E-state index in [2.05, 4.69) is 5.32 Å². The highest BCUT2D eigenvalue weighted by Crippen LogP contribution is 2.23. The lowest BCUT2D eigenvalue weighted by Gasteiger charge is -2.34. The van der Waals surface area contributed by atoms with Gasteiger partial charge in [-0.15, -0.1) is 0 Å². The summed E-state index contributed by atoms with van der Waals surface area (Å²) in [6.07, 6.45) is 7.19. The molecule has 4 heteroatoms. The minimum absolute atomic E-state index is 0.0812. The maximum atomic E-state index is 12.3. The van der Waals surface area contributed by atoms with Gasteiger partial charge in [0.15, 0.2) is 0 Å². The van der Waals surface area contributed by atoms with Crippen molar-refractivity contribution in [2.75, 3.05) is 19.7 Å². The van der Waals surface area contributed by atoms with E-state index in [1.165, 1.54) is 12.8 Å². The van der Waals surface area contributed by atoms with E-state index in [-0.39, 0.29) is 6.04 Å². The second-order valence-corrected chi connectivity index (χ2v) is 5.56. The number of hydrogen-bond donors (Lipinski definition) is 1. The van der Waals surface area contributed by atoms with Gasteiger partial charge in [0.25, 0.3) is 0 Å². The summed E-state index contributed by atoms with van der Waals surface area (Å²) in [4.78, 5) is 14.3. The van der Waals surface area contributed by atoms with Gasteiger partial charge in [-0.1, -0.05) is 0 Å². The molecule has 0 bridgehead atoms. The maximum Gasteiger partial charge on any atom is 0.239 e. The standard InChI is InChI=1S/C13H22N2O2/c16-13-12(14-10-5-6-10)4-1-7-15(13)9-11-3-2-8-17-11/h10-12,14H,1-9H2. The summed E-state index contributed by atoms with van der Waals surface area (Å²) in [5.74, 6) is 0.304. The third kappa shape index (κ3) is 2.80. The van der Waals surface area contributed by atoms with Gasteiger partial charge in [-0.3, -0.25) is 4.79 Å². The average molecular weight is 238 g/mol. The minimum atomic E-state index is 0.0812. The second-order valence-electron chi connectivity index (χ2n) is 5.56. The number of likely N-dealkylation sites (tertiary alicyclic amines) is 1. The number of amides is 1. The van der Waals surface area contributed by atoms with E-state index < -0.39 is 0 Å². The lowest BCUT2D eigenvalue weighted by molar-refractivity contribution is -0.137. The van der Waals surface area contributed by atoms with Crippen LogP contribution >= 0.6 is 0 Å². The fourth-order valence-corrected chi connectivity index (χ4v) is 2.84. The van der Waals surface area contributed by atoms with Crippen LogP contribution < -0.4 is 5.32 Å². The van der Waals surface area contributed by atoms with Crippen LogP contribution in [0.25, 0.3) is 0 Å². The fraction of sp³-hybridized carbons (Fsp3) is 0.923. The zero-order chi connectivity index (χ0) is 11.7. The van der Waals surface area contributed by atoms with Gasteiger partial charge in [-0.05, 0) is 38.5 Å². The van der Waals surface area contributed by atoms with Gasteiger partial charge in [-0.2, -0.15) is 0 Å². The van der Waals surface area contributed by atoms with E-state index in [1.54, 1.807) is 0 Å². The largest absolute Gasteiger partial charge is 0.376 e. The summed E-state index contributed by atoms with van der Waals surface area (Å²) < 4.78 is 5.62. The van der Waals surface area contributed by atoms with Gasteiger partial charge in [-0.25, -0.2) is 0 Å². The van der Waals surface area contributed by atoms with Crippen LogP contribution in [0.1, 0.15) is 38.5 Å². The van der Waals surface area contributed by atoms with E-state index in [0.29, 0.717) is 18.1 Å². The number of nitrogens with zero attached hydrogens (tertiary/aromatic N) is 1. The van der Waals surface area contributed by atoms with Crippen molar-refractivity contribution in [1.29, 1.82) is 0 Å². The second kappa shape index (κ2) is 4.94. The first kappa shape index (κ1) is 11.5. The molecule has 2 atom stereocenters. The number of carbonyl (C=O) groups is 1. The van der Waals surface area contributed by atoms with Gasteiger partial charge in [0.05, 0.1) is 12.1 Å². The van der Waals surface area contributed by atoms with Gasteiger partial charge in [0.1, 0.15) is 0 Å². The molecule has 0 radical (unpaired) electrons. The zero-order valence-electron chi connectivity index (χ0n) is 10.4. The SMILES string of the molecule is O=C1C(NC2CC2)CCCN1CC1CCCO1. The molecule has 2 unspecified atom stereocenters. The lowest BCUT2D eigenvalue weighted by Crippen LogP contribution is -2.52. The van der Waals surface area contributed by atoms with Crippen molar-refractivity contribution in [3.05, 3.63) is 0 Å². The van der Waals surface area contributed by atoms with Crippen LogP contribution in [0.5, 0.6) is 0 Å². The first-order chi connectivity index (χ1) is 8.33. The van der Waals surface area contributed by atoms with Crippen LogP contribution in [0.15, 0.2) is 0 Å². The third-order valence-corrected chi connectivity index (χ3v) is 3.99. The molecule has 0 aromatic carbocycles. The highest BCUT2D eigenvalue weighted by Gasteiger charge is 2.34. The third-order valence-electron chi connectivity index (χ3n) is 3.99. The molecule has 2 heterocycles. The molecule has 1 amide bonds. The molecule has 1 saturated carbocycles. The molecule has 0 aromatic rings. The predicted molar refractivity (Wildman–Crippen MR) is 64.7 cm³/mol. The van der Waals surface area contributed by atoms with E-state index in [9.17, 15) is 4.79 Å². The average Bonchev–Trinajstić information content (AvgIpc) is 2.99. The van der Waals surface area contributed by atoms with Crippen molar-refractivity contribution in [2.24, 2.45) is 0 Å². The summed E-state index contributed by atoms with van der Waals surface area (Å²) in [7, 11) is 0. The molecule has 2 saturated heterocycles. The van der Waals surface area contributed by atoms with Gasteiger partial charge in [0, 0.05) is 25.7 Å². The summed E-state index contributed by atoms with van der Waals surface area (Å²) in [6, 6.07) is 0.698. The van der Waals surface area contributed by atoms with Gasteiger partial charge >= 0.3 is 0 Å². The Bertz CT molecular complexity index is 285. The van der Waals surface area contributed by atoms with Crippen molar-refractivity contribution in [2.45, 2.75) is 56.7 Å². The molecule has 3 aliphatic rings. The van der Waals surface area contributed by atoms with Crippen LogP contribution in [0.4, 0.5) is 0 Å². The van der Waals surface area contributed by atoms with Crippen LogP contribution in [-0.4, -0.2) is 48.7 Å². The highest BCUT2D eigenvalue weighted by atomic mass is 16.5. The van der Waals surface area contributed by atoms with E-state index >= 15 is 0 Å². The Balaban J connectivity index is 1.53. The van der Waals surface area contributed by atoms with Crippen LogP contribution in [0.3, 0.4) is 0 Å². The molecule has 96 valence electrons. The lowest BCUT2D eigenvalue weighted by atomic mass is 10.0. The molecule has 1 aliphatic carbocycles. The number of ether oxygens (including phenoxy) is 1. The van der Waals surface area contributed by atoms with Crippen molar-refractivity contribution < 1.29 is 9.53 Å². The van der Waals surface area contributed by atoms with Crippen molar-refractivity contribution in [1.82, 2.24) is 10.2 Å². The first-order valence-electron chi connectivity index (χ1n) is 6.99.